The number of nitrogens with one attached hydrogen (secondary N) is 1. The molecule has 0 saturated carbocycles. The number of dihydropyridines is 1. The first-order valence-corrected chi connectivity index (χ1v) is 11.6. The van der Waals surface area contributed by atoms with Crippen molar-refractivity contribution in [3.8, 4) is 11.5 Å². The van der Waals surface area contributed by atoms with E-state index < -0.39 is 11.9 Å². The molecule has 2 aromatic rings. The lowest BCUT2D eigenvalue weighted by molar-refractivity contribution is -0.143. The van der Waals surface area contributed by atoms with Gasteiger partial charge in [0.1, 0.15) is 11.5 Å². The zero-order chi connectivity index (χ0) is 24.4. The Kier molecular flexibility index (Phi) is 6.77. The van der Waals surface area contributed by atoms with E-state index in [4.69, 9.17) is 14.2 Å². The van der Waals surface area contributed by atoms with Crippen LogP contribution in [0.1, 0.15) is 56.6 Å². The van der Waals surface area contributed by atoms with Crippen LogP contribution in [-0.2, 0) is 14.3 Å². The highest BCUT2D eigenvalue weighted by Gasteiger charge is 2.42. The molecule has 34 heavy (non-hydrogen) atoms. The van der Waals surface area contributed by atoms with Gasteiger partial charge >= 0.3 is 5.97 Å². The predicted molar refractivity (Wildman–Crippen MR) is 130 cm³/mol. The van der Waals surface area contributed by atoms with Crippen LogP contribution in [-0.4, -0.2) is 32.1 Å². The van der Waals surface area contributed by atoms with Gasteiger partial charge in [-0.3, -0.25) is 4.79 Å². The molecule has 6 heteroatoms. The highest BCUT2D eigenvalue weighted by molar-refractivity contribution is 6.04. The molecule has 0 unspecified atom stereocenters. The molecular weight excluding hydrogens is 430 g/mol. The molecule has 178 valence electrons. The number of benzene rings is 2. The van der Waals surface area contributed by atoms with Crippen molar-refractivity contribution in [3.05, 3.63) is 82.2 Å². The molecule has 6 nitrogen and oxygen atoms in total. The molecule has 0 spiro atoms. The minimum Gasteiger partial charge on any atom is -0.497 e. The minimum atomic E-state index is -0.614. The third-order valence-corrected chi connectivity index (χ3v) is 6.41. The summed E-state index contributed by atoms with van der Waals surface area (Å²) in [6.07, 6.45) is 0.761. The van der Waals surface area contributed by atoms with Crippen molar-refractivity contribution in [2.24, 2.45) is 0 Å². The second-order valence-electron chi connectivity index (χ2n) is 8.99. The van der Waals surface area contributed by atoms with Crippen LogP contribution in [0.2, 0.25) is 0 Å². The highest BCUT2D eigenvalue weighted by Crippen LogP contribution is 2.48. The first kappa shape index (κ1) is 23.6. The molecule has 0 saturated heterocycles. The van der Waals surface area contributed by atoms with Crippen molar-refractivity contribution in [1.29, 1.82) is 0 Å². The van der Waals surface area contributed by atoms with Crippen molar-refractivity contribution >= 4 is 11.8 Å². The number of allylic oxidation sites excluding steroid dienone is 3. The van der Waals surface area contributed by atoms with E-state index in [0.29, 0.717) is 46.7 Å². The van der Waals surface area contributed by atoms with E-state index in [-0.39, 0.29) is 17.8 Å². The van der Waals surface area contributed by atoms with Crippen molar-refractivity contribution < 1.29 is 23.8 Å². The summed E-state index contributed by atoms with van der Waals surface area (Å²) >= 11 is 0. The standard InChI is InChI=1S/C28H31NO5/c1-16(2)34-28(31)25-17(3)29-22-13-19(18-9-7-6-8-10-18)14-23(30)27(22)26(25)21-15-20(32-4)11-12-24(21)33-5/h6-12,15-16,19,26,29H,13-14H2,1-5H3/t19-,26-/m0/s1. The number of hydrogen-bond acceptors (Lipinski definition) is 6. The lowest BCUT2D eigenvalue weighted by Crippen LogP contribution is -2.36. The van der Waals surface area contributed by atoms with Crippen LogP contribution in [0.25, 0.3) is 0 Å². The predicted octanol–water partition coefficient (Wildman–Crippen LogP) is 5.02. The minimum absolute atomic E-state index is 0.0137. The fourth-order valence-corrected chi connectivity index (χ4v) is 4.92. The van der Waals surface area contributed by atoms with Gasteiger partial charge in [-0.2, -0.15) is 0 Å². The SMILES string of the molecule is COc1ccc(OC)c([C@H]2C(C(=O)OC(C)C)=C(C)NC3=C2C(=O)C[C@@H](c2ccccc2)C3)c1. The Balaban J connectivity index is 1.87. The van der Waals surface area contributed by atoms with Gasteiger partial charge in [-0.15, -0.1) is 0 Å². The number of carbonyl (C=O) groups is 2. The fraction of sp³-hybridized carbons (Fsp3) is 0.357. The summed E-state index contributed by atoms with van der Waals surface area (Å²) in [4.78, 5) is 27.0. The quantitative estimate of drug-likeness (QED) is 0.609. The van der Waals surface area contributed by atoms with Gasteiger partial charge in [-0.1, -0.05) is 30.3 Å². The van der Waals surface area contributed by atoms with E-state index in [2.05, 4.69) is 17.4 Å². The molecule has 0 bridgehead atoms. The monoisotopic (exact) mass is 461 g/mol. The maximum absolute atomic E-state index is 13.7. The number of ether oxygens (including phenoxy) is 3. The summed E-state index contributed by atoms with van der Waals surface area (Å²) in [6, 6.07) is 15.5. The normalized spacial score (nSPS) is 20.1. The molecule has 0 radical (unpaired) electrons. The van der Waals surface area contributed by atoms with Gasteiger partial charge in [-0.05, 0) is 56.9 Å². The van der Waals surface area contributed by atoms with Crippen molar-refractivity contribution in [2.45, 2.75) is 51.6 Å². The van der Waals surface area contributed by atoms with Crippen LogP contribution >= 0.6 is 0 Å². The number of rotatable bonds is 6. The molecular formula is C28H31NO5. The lowest BCUT2D eigenvalue weighted by atomic mass is 9.71. The van der Waals surface area contributed by atoms with Gasteiger partial charge in [0.05, 0.1) is 31.8 Å². The number of Topliss-reactive ketones (excluding diaryl/α,β-unsaturated/α-hetero) is 1. The summed E-state index contributed by atoms with van der Waals surface area (Å²) in [5.74, 6) is 0.233. The Morgan fingerprint density at radius 3 is 2.41 bits per heavy atom. The van der Waals surface area contributed by atoms with Crippen molar-refractivity contribution in [3.63, 3.8) is 0 Å². The number of ketones is 1. The molecule has 1 heterocycles. The van der Waals surface area contributed by atoms with Crippen LogP contribution in [0.15, 0.2) is 71.1 Å². The molecule has 1 aliphatic carbocycles. The Bertz CT molecular complexity index is 1160. The third-order valence-electron chi connectivity index (χ3n) is 6.41. The van der Waals surface area contributed by atoms with Crippen molar-refractivity contribution in [1.82, 2.24) is 5.32 Å². The van der Waals surface area contributed by atoms with E-state index in [0.717, 1.165) is 11.3 Å². The van der Waals surface area contributed by atoms with Crippen LogP contribution < -0.4 is 14.8 Å². The first-order valence-electron chi connectivity index (χ1n) is 11.6. The highest BCUT2D eigenvalue weighted by atomic mass is 16.5. The van der Waals surface area contributed by atoms with Crippen LogP contribution in [0.5, 0.6) is 11.5 Å². The maximum Gasteiger partial charge on any atom is 0.337 e. The number of carbonyl (C=O) groups excluding carboxylic acids is 2. The summed E-state index contributed by atoms with van der Waals surface area (Å²) in [7, 11) is 3.17. The molecule has 2 atom stereocenters. The van der Waals surface area contributed by atoms with Gasteiger partial charge in [0.25, 0.3) is 0 Å². The smallest absolute Gasteiger partial charge is 0.337 e. The van der Waals surface area contributed by atoms with E-state index in [1.165, 1.54) is 0 Å². The van der Waals surface area contributed by atoms with E-state index >= 15 is 0 Å². The zero-order valence-electron chi connectivity index (χ0n) is 20.3. The Morgan fingerprint density at radius 1 is 1.03 bits per heavy atom. The third kappa shape index (κ3) is 4.45. The number of hydrogen-bond donors (Lipinski definition) is 1. The van der Waals surface area contributed by atoms with Gasteiger partial charge in [0, 0.05) is 29.0 Å². The first-order chi connectivity index (χ1) is 16.3. The average Bonchev–Trinajstić information content (AvgIpc) is 2.82. The number of methoxy groups -OCH3 is 2. The zero-order valence-corrected chi connectivity index (χ0v) is 20.3. The largest absolute Gasteiger partial charge is 0.497 e. The average molecular weight is 462 g/mol. The van der Waals surface area contributed by atoms with Crippen LogP contribution in [0.3, 0.4) is 0 Å². The van der Waals surface area contributed by atoms with Gasteiger partial charge < -0.3 is 19.5 Å². The summed E-state index contributed by atoms with van der Waals surface area (Å²) < 4.78 is 16.7. The summed E-state index contributed by atoms with van der Waals surface area (Å²) in [5.41, 5.74) is 4.38. The molecule has 0 fully saturated rings. The van der Waals surface area contributed by atoms with E-state index in [9.17, 15) is 9.59 Å². The molecule has 0 amide bonds. The van der Waals surface area contributed by atoms with Crippen LogP contribution in [0, 0.1) is 0 Å². The molecule has 2 aliphatic rings. The fourth-order valence-electron chi connectivity index (χ4n) is 4.92. The van der Waals surface area contributed by atoms with Gasteiger partial charge in [0.15, 0.2) is 5.78 Å². The maximum atomic E-state index is 13.7. The van der Waals surface area contributed by atoms with Crippen LogP contribution in [0.4, 0.5) is 0 Å². The summed E-state index contributed by atoms with van der Waals surface area (Å²) in [6.45, 7) is 5.48. The Labute approximate surface area is 200 Å². The Hall–Kier alpha value is -3.54. The molecule has 2 aromatic carbocycles. The summed E-state index contributed by atoms with van der Waals surface area (Å²) in [5, 5.41) is 3.38. The van der Waals surface area contributed by atoms with E-state index in [1.54, 1.807) is 26.4 Å². The van der Waals surface area contributed by atoms with Gasteiger partial charge in [-0.25, -0.2) is 4.79 Å². The second kappa shape index (κ2) is 9.75. The lowest BCUT2D eigenvalue weighted by Gasteiger charge is -2.37. The topological polar surface area (TPSA) is 73.9 Å². The molecule has 1 aliphatic heterocycles. The van der Waals surface area contributed by atoms with Crippen molar-refractivity contribution in [2.75, 3.05) is 14.2 Å². The number of esters is 1. The second-order valence-corrected chi connectivity index (χ2v) is 8.99. The molecule has 1 N–H and O–H groups in total. The molecule has 0 aromatic heterocycles. The van der Waals surface area contributed by atoms with E-state index in [1.807, 2.05) is 45.0 Å². The molecule has 4 rings (SSSR count). The Morgan fingerprint density at radius 2 is 1.76 bits per heavy atom. The van der Waals surface area contributed by atoms with Gasteiger partial charge in [0.2, 0.25) is 0 Å².